The molecule has 0 bridgehead atoms. The Balaban J connectivity index is 1.46. The zero-order chi connectivity index (χ0) is 17.6. The fourth-order valence-corrected chi connectivity index (χ4v) is 3.28. The van der Waals surface area contributed by atoms with Crippen molar-refractivity contribution in [2.24, 2.45) is 0 Å². The van der Waals surface area contributed by atoms with E-state index in [1.54, 1.807) is 12.1 Å². The highest BCUT2D eigenvalue weighted by Gasteiger charge is 2.19. The lowest BCUT2D eigenvalue weighted by atomic mass is 10.0. The van der Waals surface area contributed by atoms with E-state index in [-0.39, 0.29) is 5.56 Å². The number of carbonyl (C=O) groups is 1. The second-order valence-corrected chi connectivity index (χ2v) is 6.64. The molecule has 4 N–H and O–H groups in total. The van der Waals surface area contributed by atoms with Crippen LogP contribution in [-0.2, 0) is 13.1 Å². The number of likely N-dealkylation sites (tertiary alicyclic amines) is 1. The van der Waals surface area contributed by atoms with Crippen molar-refractivity contribution in [2.45, 2.75) is 32.0 Å². The molecule has 0 radical (unpaired) electrons. The summed E-state index contributed by atoms with van der Waals surface area (Å²) in [6.07, 6.45) is 2.22. The smallest absolute Gasteiger partial charge is 0.335 e. The van der Waals surface area contributed by atoms with Crippen molar-refractivity contribution in [3.05, 3.63) is 65.2 Å². The Hall–Kier alpha value is -2.37. The van der Waals surface area contributed by atoms with Gasteiger partial charge in [-0.2, -0.15) is 0 Å². The molecule has 2 aromatic carbocycles. The van der Waals surface area contributed by atoms with E-state index in [0.717, 1.165) is 38.0 Å². The molecule has 5 heteroatoms. The van der Waals surface area contributed by atoms with Crippen molar-refractivity contribution in [3.8, 4) is 0 Å². The van der Waals surface area contributed by atoms with E-state index in [4.69, 9.17) is 10.8 Å². The van der Waals surface area contributed by atoms with Gasteiger partial charge in [-0.1, -0.05) is 36.4 Å². The number of nitrogens with zero attached hydrogens (tertiary/aromatic N) is 1. The third kappa shape index (κ3) is 4.81. The Kier molecular flexibility index (Phi) is 5.68. The minimum absolute atomic E-state index is 0.232. The molecule has 0 aromatic heterocycles. The Morgan fingerprint density at radius 1 is 1.16 bits per heavy atom. The SMILES string of the molecule is Nc1cc(C(=O)O)ccc1CNC1CCN(Cc2ccccc2)CC1. The molecule has 132 valence electrons. The molecule has 1 saturated heterocycles. The molecular formula is C20H25N3O2. The van der Waals surface area contributed by atoms with E-state index in [2.05, 4.69) is 34.5 Å². The van der Waals surface area contributed by atoms with Crippen molar-refractivity contribution in [3.63, 3.8) is 0 Å². The molecule has 1 fully saturated rings. The highest BCUT2D eigenvalue weighted by atomic mass is 16.4. The lowest BCUT2D eigenvalue weighted by Crippen LogP contribution is -2.41. The van der Waals surface area contributed by atoms with Crippen LogP contribution in [0.15, 0.2) is 48.5 Å². The van der Waals surface area contributed by atoms with E-state index in [1.807, 2.05) is 6.07 Å². The molecule has 1 aliphatic heterocycles. The first-order chi connectivity index (χ1) is 12.1. The van der Waals surface area contributed by atoms with Crippen molar-refractivity contribution in [1.29, 1.82) is 0 Å². The predicted molar refractivity (Wildman–Crippen MR) is 99.4 cm³/mol. The van der Waals surface area contributed by atoms with Crippen molar-refractivity contribution in [1.82, 2.24) is 10.2 Å². The fourth-order valence-electron chi connectivity index (χ4n) is 3.28. The lowest BCUT2D eigenvalue weighted by molar-refractivity contribution is 0.0697. The quantitative estimate of drug-likeness (QED) is 0.705. The first-order valence-corrected chi connectivity index (χ1v) is 8.73. The van der Waals surface area contributed by atoms with Gasteiger partial charge in [-0.3, -0.25) is 4.90 Å². The average Bonchev–Trinajstić information content (AvgIpc) is 2.62. The zero-order valence-electron chi connectivity index (χ0n) is 14.3. The van der Waals surface area contributed by atoms with Gasteiger partial charge in [0.2, 0.25) is 0 Å². The third-order valence-electron chi connectivity index (χ3n) is 4.81. The van der Waals surface area contributed by atoms with E-state index in [0.29, 0.717) is 18.3 Å². The average molecular weight is 339 g/mol. The van der Waals surface area contributed by atoms with Gasteiger partial charge in [-0.05, 0) is 49.2 Å². The van der Waals surface area contributed by atoms with E-state index >= 15 is 0 Å². The van der Waals surface area contributed by atoms with Gasteiger partial charge in [0.15, 0.2) is 0 Å². The minimum atomic E-state index is -0.947. The monoisotopic (exact) mass is 339 g/mol. The number of carboxylic acids is 1. The van der Waals surface area contributed by atoms with Gasteiger partial charge in [0, 0.05) is 24.8 Å². The molecule has 0 aliphatic carbocycles. The number of anilines is 1. The second kappa shape index (κ2) is 8.14. The summed E-state index contributed by atoms with van der Waals surface area (Å²) in [4.78, 5) is 13.4. The van der Waals surface area contributed by atoms with Crippen LogP contribution in [0.2, 0.25) is 0 Å². The van der Waals surface area contributed by atoms with Gasteiger partial charge in [0.05, 0.1) is 5.56 Å². The maximum absolute atomic E-state index is 11.0. The molecule has 0 atom stereocenters. The Morgan fingerprint density at radius 2 is 1.88 bits per heavy atom. The highest BCUT2D eigenvalue weighted by Crippen LogP contribution is 2.17. The number of hydrogen-bond donors (Lipinski definition) is 3. The molecule has 3 rings (SSSR count). The predicted octanol–water partition coefficient (Wildman–Crippen LogP) is 2.72. The molecule has 0 saturated carbocycles. The van der Waals surface area contributed by atoms with Gasteiger partial charge in [0.1, 0.15) is 0 Å². The summed E-state index contributed by atoms with van der Waals surface area (Å²) in [5.41, 5.74) is 9.06. The number of piperidine rings is 1. The number of nitrogens with one attached hydrogen (secondary N) is 1. The Labute approximate surface area is 148 Å². The van der Waals surface area contributed by atoms with Gasteiger partial charge in [0.25, 0.3) is 0 Å². The van der Waals surface area contributed by atoms with Crippen LogP contribution in [0, 0.1) is 0 Å². The molecule has 1 aliphatic rings. The summed E-state index contributed by atoms with van der Waals surface area (Å²) in [5, 5.41) is 12.5. The van der Waals surface area contributed by atoms with Crippen LogP contribution in [0.1, 0.15) is 34.3 Å². The maximum Gasteiger partial charge on any atom is 0.335 e. The second-order valence-electron chi connectivity index (χ2n) is 6.64. The van der Waals surface area contributed by atoms with Crippen LogP contribution >= 0.6 is 0 Å². The molecule has 0 spiro atoms. The van der Waals surface area contributed by atoms with Gasteiger partial charge in [-0.15, -0.1) is 0 Å². The van der Waals surface area contributed by atoms with Gasteiger partial charge >= 0.3 is 5.97 Å². The highest BCUT2D eigenvalue weighted by molar-refractivity contribution is 5.88. The summed E-state index contributed by atoms with van der Waals surface area (Å²) in [6, 6.07) is 16.0. The maximum atomic E-state index is 11.0. The van der Waals surface area contributed by atoms with Crippen molar-refractivity contribution < 1.29 is 9.90 Å². The first kappa shape index (κ1) is 17.5. The summed E-state index contributed by atoms with van der Waals surface area (Å²) in [5.74, 6) is -0.947. The number of hydrogen-bond acceptors (Lipinski definition) is 4. The minimum Gasteiger partial charge on any atom is -0.478 e. The summed E-state index contributed by atoms with van der Waals surface area (Å²) in [7, 11) is 0. The molecular weight excluding hydrogens is 314 g/mol. The van der Waals surface area contributed by atoms with Crippen LogP contribution in [0.5, 0.6) is 0 Å². The molecule has 25 heavy (non-hydrogen) atoms. The van der Waals surface area contributed by atoms with Crippen LogP contribution < -0.4 is 11.1 Å². The molecule has 0 amide bonds. The summed E-state index contributed by atoms with van der Waals surface area (Å²) < 4.78 is 0. The topological polar surface area (TPSA) is 78.6 Å². The number of rotatable bonds is 6. The summed E-state index contributed by atoms with van der Waals surface area (Å²) in [6.45, 7) is 3.85. The molecule has 1 heterocycles. The summed E-state index contributed by atoms with van der Waals surface area (Å²) >= 11 is 0. The molecule has 0 unspecified atom stereocenters. The largest absolute Gasteiger partial charge is 0.478 e. The fraction of sp³-hybridized carbons (Fsp3) is 0.350. The number of carboxylic acid groups (broad SMARTS) is 1. The number of nitrogens with two attached hydrogens (primary N) is 1. The number of benzene rings is 2. The number of nitrogen functional groups attached to an aromatic ring is 1. The van der Waals surface area contributed by atoms with Crippen LogP contribution in [0.4, 0.5) is 5.69 Å². The normalized spacial score (nSPS) is 16.0. The van der Waals surface area contributed by atoms with Gasteiger partial charge < -0.3 is 16.2 Å². The van der Waals surface area contributed by atoms with Crippen LogP contribution in [0.3, 0.4) is 0 Å². The molecule has 2 aromatic rings. The lowest BCUT2D eigenvalue weighted by Gasteiger charge is -2.32. The number of aromatic carboxylic acids is 1. The van der Waals surface area contributed by atoms with Crippen LogP contribution in [-0.4, -0.2) is 35.1 Å². The first-order valence-electron chi connectivity index (χ1n) is 8.73. The standard InChI is InChI=1S/C20H25N3O2/c21-19-12-16(20(24)25)6-7-17(19)13-22-18-8-10-23(11-9-18)14-15-4-2-1-3-5-15/h1-7,12,18,22H,8-11,13-14,21H2,(H,24,25). The van der Waals surface area contributed by atoms with Crippen LogP contribution in [0.25, 0.3) is 0 Å². The van der Waals surface area contributed by atoms with Crippen molar-refractivity contribution >= 4 is 11.7 Å². The molecule has 5 nitrogen and oxygen atoms in total. The van der Waals surface area contributed by atoms with Gasteiger partial charge in [-0.25, -0.2) is 4.79 Å². The zero-order valence-corrected chi connectivity index (χ0v) is 14.3. The van der Waals surface area contributed by atoms with E-state index in [9.17, 15) is 4.79 Å². The Morgan fingerprint density at radius 3 is 2.52 bits per heavy atom. The van der Waals surface area contributed by atoms with E-state index < -0.39 is 5.97 Å². The van der Waals surface area contributed by atoms with E-state index in [1.165, 1.54) is 11.6 Å². The Bertz CT molecular complexity index is 710. The van der Waals surface area contributed by atoms with Crippen molar-refractivity contribution in [2.75, 3.05) is 18.8 Å². The third-order valence-corrected chi connectivity index (χ3v) is 4.81.